The lowest BCUT2D eigenvalue weighted by atomic mass is 10.4. The predicted octanol–water partition coefficient (Wildman–Crippen LogP) is 2.46. The molecule has 0 fully saturated rings. The van der Waals surface area contributed by atoms with Crippen molar-refractivity contribution in [1.29, 1.82) is 0 Å². The number of hydrogen-bond acceptors (Lipinski definition) is 3. The second kappa shape index (κ2) is 4.61. The van der Waals surface area contributed by atoms with Gasteiger partial charge in [-0.1, -0.05) is 13.5 Å². The highest BCUT2D eigenvalue weighted by Crippen LogP contribution is 2.44. The minimum absolute atomic E-state index is 0.340. The third-order valence-electron chi connectivity index (χ3n) is 1.63. The third-order valence-corrected chi connectivity index (χ3v) is 3.49. The zero-order chi connectivity index (χ0) is 10.6. The first kappa shape index (κ1) is 12.4. The summed E-state index contributed by atoms with van der Waals surface area (Å²) >= 11 is 0. The van der Waals surface area contributed by atoms with Crippen LogP contribution in [-0.2, 0) is 14.1 Å². The molecule has 0 aliphatic carbocycles. The van der Waals surface area contributed by atoms with Crippen LogP contribution in [0.25, 0.3) is 0 Å². The first-order valence-corrected chi connectivity index (χ1v) is 6.87. The molecule has 0 amide bonds. The van der Waals surface area contributed by atoms with Gasteiger partial charge in [0, 0.05) is 5.57 Å². The van der Waals surface area contributed by atoms with Gasteiger partial charge < -0.3 is 9.30 Å². The van der Waals surface area contributed by atoms with Gasteiger partial charge in [-0.05, 0) is 26.7 Å². The van der Waals surface area contributed by atoms with Crippen LogP contribution in [-0.4, -0.2) is 25.1 Å². The molecule has 13 heavy (non-hydrogen) atoms. The van der Waals surface area contributed by atoms with Crippen LogP contribution in [0.3, 0.4) is 0 Å². The van der Waals surface area contributed by atoms with Gasteiger partial charge in [0.05, 0.1) is 0 Å². The van der Waals surface area contributed by atoms with E-state index in [1.54, 1.807) is 20.3 Å². The summed E-state index contributed by atoms with van der Waals surface area (Å²) in [5, 5.41) is 0. The summed E-state index contributed by atoms with van der Waals surface area (Å²) in [5.41, 5.74) is 0.340. The van der Waals surface area contributed by atoms with Crippen molar-refractivity contribution >= 4 is 13.1 Å². The van der Waals surface area contributed by atoms with Crippen molar-refractivity contribution in [3.05, 3.63) is 12.2 Å². The molecule has 1 unspecified atom stereocenters. The molecular weight excluding hydrogens is 187 g/mol. The average Bonchev–Trinajstić information content (AvgIpc) is 1.96. The molecule has 0 N–H and O–H groups in total. The molecule has 0 aliphatic heterocycles. The van der Waals surface area contributed by atoms with E-state index in [2.05, 4.69) is 6.58 Å². The first-order chi connectivity index (χ1) is 5.79. The van der Waals surface area contributed by atoms with Crippen LogP contribution in [0.5, 0.6) is 0 Å². The molecule has 76 valence electrons. The summed E-state index contributed by atoms with van der Waals surface area (Å²) in [7, 11) is -2.35. The number of carbonyl (C=O) groups excluding carboxylic acids is 1. The zero-order valence-corrected chi connectivity index (χ0v) is 9.56. The largest absolute Gasteiger partial charge is 0.451 e. The van der Waals surface area contributed by atoms with Gasteiger partial charge in [-0.15, -0.1) is 0 Å². The minimum atomic E-state index is -2.35. The molecule has 0 rings (SSSR count). The van der Waals surface area contributed by atoms with Crippen molar-refractivity contribution in [1.82, 2.24) is 0 Å². The third kappa shape index (κ3) is 4.28. The van der Waals surface area contributed by atoms with E-state index in [-0.39, 0.29) is 0 Å². The van der Waals surface area contributed by atoms with Crippen LogP contribution >= 0.6 is 7.14 Å². The van der Waals surface area contributed by atoms with Crippen LogP contribution in [0.1, 0.15) is 20.3 Å². The van der Waals surface area contributed by atoms with Crippen molar-refractivity contribution in [2.75, 3.05) is 13.3 Å². The number of esters is 1. The van der Waals surface area contributed by atoms with E-state index in [9.17, 15) is 9.36 Å². The van der Waals surface area contributed by atoms with Gasteiger partial charge in [-0.2, -0.15) is 0 Å². The van der Waals surface area contributed by atoms with Crippen LogP contribution in [0.15, 0.2) is 12.2 Å². The van der Waals surface area contributed by atoms with Gasteiger partial charge in [-0.25, -0.2) is 4.79 Å². The Hall–Kier alpha value is -0.560. The molecule has 0 heterocycles. The number of ether oxygens (including phenoxy) is 1. The van der Waals surface area contributed by atoms with Crippen molar-refractivity contribution in [3.63, 3.8) is 0 Å². The topological polar surface area (TPSA) is 43.4 Å². The van der Waals surface area contributed by atoms with Crippen molar-refractivity contribution in [2.45, 2.75) is 26.1 Å². The van der Waals surface area contributed by atoms with Gasteiger partial charge in [0.15, 0.2) is 5.85 Å². The summed E-state index contributed by atoms with van der Waals surface area (Å²) in [4.78, 5) is 11.1. The highest BCUT2D eigenvalue weighted by molar-refractivity contribution is 7.62. The lowest BCUT2D eigenvalue weighted by molar-refractivity contribution is -0.140. The second-order valence-corrected chi connectivity index (χ2v) is 6.93. The van der Waals surface area contributed by atoms with Crippen molar-refractivity contribution in [3.8, 4) is 0 Å². The Morgan fingerprint density at radius 2 is 2.00 bits per heavy atom. The van der Waals surface area contributed by atoms with E-state index in [0.29, 0.717) is 12.0 Å². The summed E-state index contributed by atoms with van der Waals surface area (Å²) in [6.07, 6.45) is 0.573. The van der Waals surface area contributed by atoms with E-state index >= 15 is 0 Å². The molecule has 4 heteroatoms. The van der Waals surface area contributed by atoms with Gasteiger partial charge in [0.2, 0.25) is 0 Å². The van der Waals surface area contributed by atoms with Gasteiger partial charge >= 0.3 is 5.97 Å². The molecule has 1 atom stereocenters. The predicted molar refractivity (Wildman–Crippen MR) is 54.4 cm³/mol. The molecular formula is C9H17O3P. The Morgan fingerprint density at radius 1 is 1.54 bits per heavy atom. The standard InChI is InChI=1S/C9H17O3P/c1-6-8(13(4,5)11)12-9(10)7(2)3/h8H,2,6H2,1,3-5H3. The van der Waals surface area contributed by atoms with Gasteiger partial charge in [0.25, 0.3) is 0 Å². The summed E-state index contributed by atoms with van der Waals surface area (Å²) in [6.45, 7) is 10.1. The maximum atomic E-state index is 11.6. The van der Waals surface area contributed by atoms with E-state index in [1.807, 2.05) is 6.92 Å². The van der Waals surface area contributed by atoms with Crippen LogP contribution < -0.4 is 0 Å². The molecule has 0 spiro atoms. The molecule has 0 radical (unpaired) electrons. The lowest BCUT2D eigenvalue weighted by Gasteiger charge is -2.20. The fourth-order valence-corrected chi connectivity index (χ4v) is 2.10. The average molecular weight is 204 g/mol. The van der Waals surface area contributed by atoms with E-state index < -0.39 is 19.0 Å². The highest BCUT2D eigenvalue weighted by Gasteiger charge is 2.25. The van der Waals surface area contributed by atoms with Crippen molar-refractivity contribution < 1.29 is 14.1 Å². The smallest absolute Gasteiger partial charge is 0.333 e. The molecule has 0 aromatic rings. The Labute approximate surface area is 79.5 Å². The zero-order valence-electron chi connectivity index (χ0n) is 8.66. The summed E-state index contributed by atoms with van der Waals surface area (Å²) in [5.74, 6) is -0.938. The molecule has 0 saturated heterocycles. The molecule has 0 saturated carbocycles. The Bertz CT molecular complexity index is 252. The minimum Gasteiger partial charge on any atom is -0.451 e. The Balaban J connectivity index is 4.40. The number of hydrogen-bond donors (Lipinski definition) is 0. The van der Waals surface area contributed by atoms with Crippen LogP contribution in [0.2, 0.25) is 0 Å². The Kier molecular flexibility index (Phi) is 4.41. The van der Waals surface area contributed by atoms with E-state index in [0.717, 1.165) is 0 Å². The fourth-order valence-electron chi connectivity index (χ4n) is 0.874. The number of rotatable bonds is 4. The van der Waals surface area contributed by atoms with Crippen LogP contribution in [0, 0.1) is 0 Å². The van der Waals surface area contributed by atoms with Gasteiger partial charge in [0.1, 0.15) is 7.14 Å². The summed E-state index contributed by atoms with van der Waals surface area (Å²) < 4.78 is 16.6. The Morgan fingerprint density at radius 3 is 2.23 bits per heavy atom. The SMILES string of the molecule is C=C(C)C(=O)OC(CC)P(C)(C)=O. The summed E-state index contributed by atoms with van der Waals surface area (Å²) in [6, 6.07) is 0. The molecule has 0 aromatic carbocycles. The molecule has 0 aromatic heterocycles. The second-order valence-electron chi connectivity index (χ2n) is 3.48. The van der Waals surface area contributed by atoms with E-state index in [1.165, 1.54) is 0 Å². The van der Waals surface area contributed by atoms with Gasteiger partial charge in [-0.3, -0.25) is 0 Å². The monoisotopic (exact) mass is 204 g/mol. The maximum absolute atomic E-state index is 11.6. The quantitative estimate of drug-likeness (QED) is 0.401. The normalized spacial score (nSPS) is 13.5. The van der Waals surface area contributed by atoms with E-state index in [4.69, 9.17) is 4.74 Å². The molecule has 0 bridgehead atoms. The fraction of sp³-hybridized carbons (Fsp3) is 0.667. The van der Waals surface area contributed by atoms with Crippen LogP contribution in [0.4, 0.5) is 0 Å². The molecule has 3 nitrogen and oxygen atoms in total. The first-order valence-electron chi connectivity index (χ1n) is 4.20. The molecule has 0 aliphatic rings. The maximum Gasteiger partial charge on any atom is 0.333 e. The van der Waals surface area contributed by atoms with Crippen molar-refractivity contribution in [2.24, 2.45) is 0 Å². The highest BCUT2D eigenvalue weighted by atomic mass is 31.2. The lowest BCUT2D eigenvalue weighted by Crippen LogP contribution is -2.17. The number of carbonyl (C=O) groups is 1.